The second-order valence-electron chi connectivity index (χ2n) is 3.91. The van der Waals surface area contributed by atoms with E-state index in [4.69, 9.17) is 5.73 Å². The van der Waals surface area contributed by atoms with E-state index in [1.807, 2.05) is 6.08 Å². The van der Waals surface area contributed by atoms with Gasteiger partial charge < -0.3 is 10.8 Å². The normalized spacial score (nSPS) is 43.8. The Morgan fingerprint density at radius 1 is 1.75 bits per heavy atom. The van der Waals surface area contributed by atoms with Gasteiger partial charge in [0.05, 0.1) is 6.61 Å². The first-order chi connectivity index (χ1) is 5.68. The second kappa shape index (κ2) is 2.33. The highest BCUT2D eigenvalue weighted by atomic mass is 16.3. The lowest BCUT2D eigenvalue weighted by atomic mass is 9.78. The van der Waals surface area contributed by atoms with E-state index < -0.39 is 0 Å². The number of hydrogen-bond acceptors (Lipinski definition) is 2. The average Bonchev–Trinajstić information content (AvgIpc) is 2.60. The molecule has 0 aromatic carbocycles. The van der Waals surface area contributed by atoms with Gasteiger partial charge in [-0.25, -0.2) is 0 Å². The van der Waals surface area contributed by atoms with Crippen LogP contribution in [0.15, 0.2) is 12.2 Å². The molecule has 0 aromatic heterocycles. The van der Waals surface area contributed by atoms with Crippen LogP contribution in [0, 0.1) is 17.3 Å². The summed E-state index contributed by atoms with van der Waals surface area (Å²) in [4.78, 5) is 11.0. The Morgan fingerprint density at radius 2 is 2.50 bits per heavy atom. The SMILES string of the molecule is NC(=O)C1CC2C=CC1(CO)C2. The topological polar surface area (TPSA) is 63.3 Å². The lowest BCUT2D eigenvalue weighted by molar-refractivity contribution is -0.124. The molecule has 1 amide bonds. The summed E-state index contributed by atoms with van der Waals surface area (Å²) < 4.78 is 0. The van der Waals surface area contributed by atoms with Crippen molar-refractivity contribution in [1.82, 2.24) is 0 Å². The Bertz CT molecular complexity index is 249. The van der Waals surface area contributed by atoms with Crippen LogP contribution in [-0.4, -0.2) is 17.6 Å². The van der Waals surface area contributed by atoms with Gasteiger partial charge >= 0.3 is 0 Å². The van der Waals surface area contributed by atoms with Crippen molar-refractivity contribution in [3.63, 3.8) is 0 Å². The number of primary amides is 1. The molecule has 3 N–H and O–H groups in total. The summed E-state index contributed by atoms with van der Waals surface area (Å²) in [6.07, 6.45) is 5.79. The van der Waals surface area contributed by atoms with Crippen molar-refractivity contribution in [3.8, 4) is 0 Å². The maximum Gasteiger partial charge on any atom is 0.221 e. The first kappa shape index (κ1) is 7.80. The van der Waals surface area contributed by atoms with Gasteiger partial charge in [-0.2, -0.15) is 0 Å². The van der Waals surface area contributed by atoms with E-state index in [2.05, 4.69) is 6.08 Å². The number of aliphatic hydroxyl groups excluding tert-OH is 1. The summed E-state index contributed by atoms with van der Waals surface area (Å²) in [5, 5.41) is 9.20. The zero-order valence-corrected chi connectivity index (χ0v) is 6.86. The van der Waals surface area contributed by atoms with Gasteiger partial charge in [0.25, 0.3) is 0 Å². The van der Waals surface area contributed by atoms with Crippen molar-refractivity contribution < 1.29 is 9.90 Å². The number of allylic oxidation sites excluding steroid dienone is 1. The minimum Gasteiger partial charge on any atom is -0.395 e. The van der Waals surface area contributed by atoms with Gasteiger partial charge in [0.15, 0.2) is 0 Å². The van der Waals surface area contributed by atoms with E-state index in [1.54, 1.807) is 0 Å². The molecular formula is C9H13NO2. The number of rotatable bonds is 2. The molecule has 1 fully saturated rings. The monoisotopic (exact) mass is 167 g/mol. The molecular weight excluding hydrogens is 154 g/mol. The fraction of sp³-hybridized carbons (Fsp3) is 0.667. The van der Waals surface area contributed by atoms with Crippen molar-refractivity contribution in [2.24, 2.45) is 23.0 Å². The van der Waals surface area contributed by atoms with E-state index in [-0.39, 0.29) is 23.8 Å². The van der Waals surface area contributed by atoms with E-state index in [0.29, 0.717) is 5.92 Å². The van der Waals surface area contributed by atoms with Gasteiger partial charge in [0.1, 0.15) is 0 Å². The Kier molecular flexibility index (Phi) is 1.51. The number of amides is 1. The van der Waals surface area contributed by atoms with Crippen LogP contribution in [0.3, 0.4) is 0 Å². The third-order valence-corrected chi connectivity index (χ3v) is 3.21. The molecule has 0 radical (unpaired) electrons. The van der Waals surface area contributed by atoms with E-state index in [1.165, 1.54) is 0 Å². The quantitative estimate of drug-likeness (QED) is 0.571. The summed E-state index contributed by atoms with van der Waals surface area (Å²) in [6.45, 7) is 0.0492. The van der Waals surface area contributed by atoms with Gasteiger partial charge in [-0.05, 0) is 18.8 Å². The minimum atomic E-state index is -0.309. The fourth-order valence-corrected chi connectivity index (χ4v) is 2.54. The van der Waals surface area contributed by atoms with Crippen LogP contribution in [0.1, 0.15) is 12.8 Å². The number of nitrogens with two attached hydrogens (primary N) is 1. The Labute approximate surface area is 71.3 Å². The number of carbonyl (C=O) groups excluding carboxylic acids is 1. The summed E-state index contributed by atoms with van der Waals surface area (Å²) >= 11 is 0. The molecule has 0 spiro atoms. The molecule has 12 heavy (non-hydrogen) atoms. The maximum atomic E-state index is 11.0. The molecule has 0 aliphatic heterocycles. The molecule has 3 nitrogen and oxygen atoms in total. The predicted octanol–water partition coefficient (Wildman–Crippen LogP) is 0.0464. The number of hydrogen-bond donors (Lipinski definition) is 2. The fourth-order valence-electron chi connectivity index (χ4n) is 2.54. The molecule has 2 bridgehead atoms. The van der Waals surface area contributed by atoms with Gasteiger partial charge in [-0.15, -0.1) is 0 Å². The van der Waals surface area contributed by atoms with Crippen LogP contribution < -0.4 is 5.73 Å². The highest BCUT2D eigenvalue weighted by Gasteiger charge is 2.50. The molecule has 2 aliphatic carbocycles. The zero-order valence-electron chi connectivity index (χ0n) is 6.86. The standard InChI is InChI=1S/C9H13NO2/c10-8(12)7-3-6-1-2-9(7,4-6)5-11/h1-2,6-7,11H,3-5H2,(H2,10,12). The van der Waals surface area contributed by atoms with E-state index >= 15 is 0 Å². The lowest BCUT2D eigenvalue weighted by Crippen LogP contribution is -2.36. The first-order valence-corrected chi connectivity index (χ1v) is 4.27. The van der Waals surface area contributed by atoms with E-state index in [0.717, 1.165) is 12.8 Å². The lowest BCUT2D eigenvalue weighted by Gasteiger charge is -2.27. The molecule has 0 aromatic rings. The smallest absolute Gasteiger partial charge is 0.221 e. The molecule has 3 atom stereocenters. The van der Waals surface area contributed by atoms with E-state index in [9.17, 15) is 9.90 Å². The van der Waals surface area contributed by atoms with Gasteiger partial charge in [0.2, 0.25) is 5.91 Å². The number of fused-ring (bicyclic) bond motifs is 2. The van der Waals surface area contributed by atoms with Crippen LogP contribution in [0.25, 0.3) is 0 Å². The van der Waals surface area contributed by atoms with Crippen LogP contribution in [0.4, 0.5) is 0 Å². The van der Waals surface area contributed by atoms with Gasteiger partial charge in [-0.3, -0.25) is 4.79 Å². The summed E-state index contributed by atoms with van der Waals surface area (Å²) in [5.74, 6) is 0.0584. The Balaban J connectivity index is 2.29. The van der Waals surface area contributed by atoms with Gasteiger partial charge in [-0.1, -0.05) is 12.2 Å². The molecule has 66 valence electrons. The van der Waals surface area contributed by atoms with Crippen molar-refractivity contribution in [2.75, 3.05) is 6.61 Å². The molecule has 3 unspecified atom stereocenters. The van der Waals surface area contributed by atoms with Crippen LogP contribution in [0.2, 0.25) is 0 Å². The first-order valence-electron chi connectivity index (χ1n) is 4.27. The highest BCUT2D eigenvalue weighted by Crippen LogP contribution is 2.52. The van der Waals surface area contributed by atoms with Crippen LogP contribution >= 0.6 is 0 Å². The second-order valence-corrected chi connectivity index (χ2v) is 3.91. The third-order valence-electron chi connectivity index (χ3n) is 3.21. The predicted molar refractivity (Wildman–Crippen MR) is 44.1 cm³/mol. The largest absolute Gasteiger partial charge is 0.395 e. The van der Waals surface area contributed by atoms with Crippen LogP contribution in [-0.2, 0) is 4.79 Å². The zero-order chi connectivity index (χ0) is 8.77. The summed E-state index contributed by atoms with van der Waals surface area (Å²) in [7, 11) is 0. The highest BCUT2D eigenvalue weighted by molar-refractivity contribution is 5.79. The molecule has 1 saturated carbocycles. The molecule has 3 heteroatoms. The number of carbonyl (C=O) groups is 1. The minimum absolute atomic E-state index is 0.0492. The molecule has 2 rings (SSSR count). The molecule has 0 heterocycles. The molecule has 0 saturated heterocycles. The van der Waals surface area contributed by atoms with Crippen molar-refractivity contribution in [3.05, 3.63) is 12.2 Å². The average molecular weight is 167 g/mol. The Morgan fingerprint density at radius 3 is 2.92 bits per heavy atom. The van der Waals surface area contributed by atoms with Crippen molar-refractivity contribution >= 4 is 5.91 Å². The summed E-state index contributed by atoms with van der Waals surface area (Å²) in [6, 6.07) is 0. The van der Waals surface area contributed by atoms with Crippen molar-refractivity contribution in [1.29, 1.82) is 0 Å². The molecule has 2 aliphatic rings. The Hall–Kier alpha value is -0.830. The third kappa shape index (κ3) is 0.829. The number of aliphatic hydroxyl groups is 1. The van der Waals surface area contributed by atoms with Crippen LogP contribution in [0.5, 0.6) is 0 Å². The van der Waals surface area contributed by atoms with Crippen molar-refractivity contribution in [2.45, 2.75) is 12.8 Å². The summed E-state index contributed by atoms with van der Waals surface area (Å²) in [5.41, 5.74) is 4.95. The van der Waals surface area contributed by atoms with Gasteiger partial charge in [0, 0.05) is 11.3 Å². The maximum absolute atomic E-state index is 11.0.